The summed E-state index contributed by atoms with van der Waals surface area (Å²) >= 11 is 0. The van der Waals surface area contributed by atoms with Gasteiger partial charge in [-0.1, -0.05) is 30.3 Å². The fourth-order valence-corrected chi connectivity index (χ4v) is 2.12. The highest BCUT2D eigenvalue weighted by molar-refractivity contribution is 6.04. The summed E-state index contributed by atoms with van der Waals surface area (Å²) < 4.78 is 10.6. The van der Waals surface area contributed by atoms with E-state index in [0.29, 0.717) is 29.3 Å². The highest BCUT2D eigenvalue weighted by Gasteiger charge is 2.13. The Morgan fingerprint density at radius 2 is 1.76 bits per heavy atom. The molecule has 0 aliphatic carbocycles. The molecule has 0 fully saturated rings. The summed E-state index contributed by atoms with van der Waals surface area (Å²) in [7, 11) is 1.53. The summed E-state index contributed by atoms with van der Waals surface area (Å²) in [6.07, 6.45) is 1.58. The Labute approximate surface area is 146 Å². The van der Waals surface area contributed by atoms with Gasteiger partial charge in [-0.15, -0.1) is 6.58 Å². The van der Waals surface area contributed by atoms with Crippen LogP contribution >= 0.6 is 0 Å². The maximum absolute atomic E-state index is 12.1. The van der Waals surface area contributed by atoms with Gasteiger partial charge in [0, 0.05) is 6.54 Å². The number of para-hydroxylation sites is 3. The van der Waals surface area contributed by atoms with Gasteiger partial charge in [0.15, 0.2) is 18.1 Å². The fraction of sp³-hybridized carbons (Fsp3) is 0.158. The molecule has 0 spiro atoms. The van der Waals surface area contributed by atoms with Crippen molar-refractivity contribution in [2.75, 3.05) is 25.6 Å². The van der Waals surface area contributed by atoms with E-state index in [2.05, 4.69) is 17.2 Å². The molecule has 0 saturated carbocycles. The number of anilines is 1. The van der Waals surface area contributed by atoms with Gasteiger partial charge >= 0.3 is 0 Å². The van der Waals surface area contributed by atoms with Crippen LogP contribution in [0, 0.1) is 0 Å². The summed E-state index contributed by atoms with van der Waals surface area (Å²) in [6.45, 7) is 3.69. The second kappa shape index (κ2) is 9.12. The Bertz CT molecular complexity index is 759. The smallest absolute Gasteiger partial charge is 0.262 e. The minimum Gasteiger partial charge on any atom is -0.493 e. The van der Waals surface area contributed by atoms with Gasteiger partial charge in [0.25, 0.3) is 11.8 Å². The monoisotopic (exact) mass is 340 g/mol. The third kappa shape index (κ3) is 5.10. The van der Waals surface area contributed by atoms with E-state index >= 15 is 0 Å². The SMILES string of the molecule is C=CCNC(=O)c1ccccc1NC(=O)COc1ccccc1OC. The van der Waals surface area contributed by atoms with E-state index in [1.165, 1.54) is 7.11 Å². The van der Waals surface area contributed by atoms with Gasteiger partial charge < -0.3 is 20.1 Å². The lowest BCUT2D eigenvalue weighted by molar-refractivity contribution is -0.118. The molecule has 130 valence electrons. The molecule has 2 aromatic rings. The number of hydrogen-bond acceptors (Lipinski definition) is 4. The molecule has 0 saturated heterocycles. The van der Waals surface area contributed by atoms with Crippen LogP contribution in [0.5, 0.6) is 11.5 Å². The van der Waals surface area contributed by atoms with Crippen molar-refractivity contribution in [3.63, 3.8) is 0 Å². The first-order valence-corrected chi connectivity index (χ1v) is 7.69. The first kappa shape index (κ1) is 18.1. The fourth-order valence-electron chi connectivity index (χ4n) is 2.12. The number of benzene rings is 2. The molecule has 6 nitrogen and oxygen atoms in total. The lowest BCUT2D eigenvalue weighted by atomic mass is 10.1. The molecule has 2 amide bonds. The molecule has 0 bridgehead atoms. The number of ether oxygens (including phenoxy) is 2. The molecule has 0 unspecified atom stereocenters. The number of methoxy groups -OCH3 is 1. The highest BCUT2D eigenvalue weighted by atomic mass is 16.5. The van der Waals surface area contributed by atoms with E-state index in [-0.39, 0.29) is 18.4 Å². The number of carbonyl (C=O) groups excluding carboxylic acids is 2. The summed E-state index contributed by atoms with van der Waals surface area (Å²) in [5.41, 5.74) is 0.785. The van der Waals surface area contributed by atoms with Crippen molar-refractivity contribution in [3.05, 3.63) is 66.7 Å². The minimum absolute atomic E-state index is 0.205. The molecule has 6 heteroatoms. The third-order valence-corrected chi connectivity index (χ3v) is 3.28. The van der Waals surface area contributed by atoms with Gasteiger partial charge in [0.05, 0.1) is 18.4 Å². The number of nitrogens with one attached hydrogen (secondary N) is 2. The second-order valence-corrected chi connectivity index (χ2v) is 5.03. The Balaban J connectivity index is 2.01. The maximum Gasteiger partial charge on any atom is 0.262 e. The van der Waals surface area contributed by atoms with Gasteiger partial charge in [-0.05, 0) is 24.3 Å². The molecular formula is C19H20N2O4. The zero-order valence-corrected chi connectivity index (χ0v) is 14.0. The number of hydrogen-bond donors (Lipinski definition) is 2. The van der Waals surface area contributed by atoms with Gasteiger partial charge in [-0.3, -0.25) is 9.59 Å². The molecule has 25 heavy (non-hydrogen) atoms. The van der Waals surface area contributed by atoms with Crippen molar-refractivity contribution >= 4 is 17.5 Å². The van der Waals surface area contributed by atoms with Crippen LogP contribution in [0.4, 0.5) is 5.69 Å². The summed E-state index contributed by atoms with van der Waals surface area (Å²) in [6, 6.07) is 13.8. The van der Waals surface area contributed by atoms with Crippen LogP contribution in [0.25, 0.3) is 0 Å². The first-order chi connectivity index (χ1) is 12.2. The lowest BCUT2D eigenvalue weighted by Crippen LogP contribution is -2.26. The highest BCUT2D eigenvalue weighted by Crippen LogP contribution is 2.25. The van der Waals surface area contributed by atoms with Crippen molar-refractivity contribution < 1.29 is 19.1 Å². The Hall–Kier alpha value is -3.28. The molecule has 0 aromatic heterocycles. The zero-order valence-electron chi connectivity index (χ0n) is 14.0. The van der Waals surface area contributed by atoms with Crippen LogP contribution < -0.4 is 20.1 Å². The van der Waals surface area contributed by atoms with Gasteiger partial charge in [0.1, 0.15) is 0 Å². The first-order valence-electron chi connectivity index (χ1n) is 7.69. The Kier molecular flexibility index (Phi) is 6.59. The van der Waals surface area contributed by atoms with Gasteiger partial charge in [0.2, 0.25) is 0 Å². The van der Waals surface area contributed by atoms with Crippen LogP contribution in [-0.4, -0.2) is 32.1 Å². The molecule has 2 aromatic carbocycles. The van der Waals surface area contributed by atoms with Crippen LogP contribution in [0.2, 0.25) is 0 Å². The van der Waals surface area contributed by atoms with Crippen molar-refractivity contribution in [2.45, 2.75) is 0 Å². The van der Waals surface area contributed by atoms with Crippen LogP contribution in [0.1, 0.15) is 10.4 Å². The van der Waals surface area contributed by atoms with Crippen LogP contribution in [-0.2, 0) is 4.79 Å². The summed E-state index contributed by atoms with van der Waals surface area (Å²) in [4.78, 5) is 24.3. The van der Waals surface area contributed by atoms with E-state index in [4.69, 9.17) is 9.47 Å². The maximum atomic E-state index is 12.1. The largest absolute Gasteiger partial charge is 0.493 e. The normalized spacial score (nSPS) is 9.80. The number of amides is 2. The molecular weight excluding hydrogens is 320 g/mol. The predicted molar refractivity (Wildman–Crippen MR) is 96.1 cm³/mol. The standard InChI is InChI=1S/C19H20N2O4/c1-3-12-20-19(23)14-8-4-5-9-15(14)21-18(22)13-25-17-11-7-6-10-16(17)24-2/h3-11H,1,12-13H2,2H3,(H,20,23)(H,21,22). The van der Waals surface area contributed by atoms with Crippen molar-refractivity contribution in [1.29, 1.82) is 0 Å². The molecule has 0 heterocycles. The van der Waals surface area contributed by atoms with Crippen molar-refractivity contribution in [3.8, 4) is 11.5 Å². The topological polar surface area (TPSA) is 76.7 Å². The van der Waals surface area contributed by atoms with Crippen molar-refractivity contribution in [2.24, 2.45) is 0 Å². The Morgan fingerprint density at radius 3 is 2.48 bits per heavy atom. The lowest BCUT2D eigenvalue weighted by Gasteiger charge is -2.12. The predicted octanol–water partition coefficient (Wildman–Crippen LogP) is 2.63. The van der Waals surface area contributed by atoms with E-state index in [1.54, 1.807) is 48.5 Å². The van der Waals surface area contributed by atoms with Gasteiger partial charge in [-0.25, -0.2) is 0 Å². The van der Waals surface area contributed by atoms with Crippen LogP contribution in [0.3, 0.4) is 0 Å². The quantitative estimate of drug-likeness (QED) is 0.724. The van der Waals surface area contributed by atoms with Crippen molar-refractivity contribution in [1.82, 2.24) is 5.32 Å². The minimum atomic E-state index is -0.380. The molecule has 0 radical (unpaired) electrons. The average molecular weight is 340 g/mol. The van der Waals surface area contributed by atoms with E-state index < -0.39 is 0 Å². The molecule has 2 N–H and O–H groups in total. The summed E-state index contributed by atoms with van der Waals surface area (Å²) in [5.74, 6) is 0.341. The molecule has 0 aliphatic rings. The van der Waals surface area contributed by atoms with Crippen LogP contribution in [0.15, 0.2) is 61.2 Å². The number of carbonyl (C=O) groups is 2. The van der Waals surface area contributed by atoms with E-state index in [1.807, 2.05) is 6.07 Å². The van der Waals surface area contributed by atoms with Gasteiger partial charge in [-0.2, -0.15) is 0 Å². The zero-order chi connectivity index (χ0) is 18.1. The molecule has 0 aliphatic heterocycles. The molecule has 2 rings (SSSR count). The average Bonchev–Trinajstić information content (AvgIpc) is 2.65. The van der Waals surface area contributed by atoms with E-state index in [9.17, 15) is 9.59 Å². The van der Waals surface area contributed by atoms with E-state index in [0.717, 1.165) is 0 Å². The second-order valence-electron chi connectivity index (χ2n) is 5.03. The number of rotatable bonds is 8. The summed E-state index contributed by atoms with van der Waals surface area (Å²) in [5, 5.41) is 5.36. The third-order valence-electron chi connectivity index (χ3n) is 3.28. The Morgan fingerprint density at radius 1 is 1.08 bits per heavy atom. The molecule has 0 atom stereocenters.